The molecule has 2 rings (SSSR count). The van der Waals surface area contributed by atoms with Crippen LogP contribution in [0, 0.1) is 0 Å². The van der Waals surface area contributed by atoms with Crippen LogP contribution in [0.3, 0.4) is 0 Å². The number of nitrogens with two attached hydrogens (primary N) is 1. The number of halogens is 1. The molecule has 8 heteroatoms. The third-order valence-electron chi connectivity index (χ3n) is 3.00. The number of aromatic nitrogens is 1. The maximum Gasteiger partial charge on any atom is 0.274 e. The van der Waals surface area contributed by atoms with Crippen molar-refractivity contribution in [2.75, 3.05) is 23.8 Å². The second-order valence-electron chi connectivity index (χ2n) is 4.53. The molecule has 104 valence electrons. The molecule has 0 bridgehead atoms. The maximum atomic E-state index is 12.3. The predicted molar refractivity (Wildman–Crippen MR) is 72.8 cm³/mol. The lowest BCUT2D eigenvalue weighted by atomic mass is 10.2. The Morgan fingerprint density at radius 3 is 2.84 bits per heavy atom. The van der Waals surface area contributed by atoms with E-state index in [1.165, 1.54) is 17.0 Å². The Balaban J connectivity index is 2.27. The van der Waals surface area contributed by atoms with Gasteiger partial charge >= 0.3 is 0 Å². The Morgan fingerprint density at radius 1 is 1.53 bits per heavy atom. The summed E-state index contributed by atoms with van der Waals surface area (Å²) < 4.78 is 23.0. The van der Waals surface area contributed by atoms with Crippen molar-refractivity contribution in [3.05, 3.63) is 22.8 Å². The van der Waals surface area contributed by atoms with Gasteiger partial charge in [-0.05, 0) is 19.1 Å². The summed E-state index contributed by atoms with van der Waals surface area (Å²) in [5, 5.41) is 0.208. The second-order valence-corrected chi connectivity index (χ2v) is 7.16. The molecular formula is C11H14ClN3O3S. The van der Waals surface area contributed by atoms with Crippen LogP contribution in [0.25, 0.3) is 0 Å². The SMILES string of the molecule is CC1CS(=O)(=O)CCN1C(=O)c1nc(N)ccc1Cl. The van der Waals surface area contributed by atoms with Crippen LogP contribution in [0.5, 0.6) is 0 Å². The smallest absolute Gasteiger partial charge is 0.274 e. The van der Waals surface area contributed by atoms with Gasteiger partial charge in [0, 0.05) is 12.6 Å². The van der Waals surface area contributed by atoms with Crippen LogP contribution >= 0.6 is 11.6 Å². The van der Waals surface area contributed by atoms with Gasteiger partial charge in [-0.3, -0.25) is 4.79 Å². The van der Waals surface area contributed by atoms with Gasteiger partial charge in [-0.2, -0.15) is 0 Å². The van der Waals surface area contributed by atoms with Crippen molar-refractivity contribution in [2.24, 2.45) is 0 Å². The van der Waals surface area contributed by atoms with Crippen LogP contribution in [-0.2, 0) is 9.84 Å². The highest BCUT2D eigenvalue weighted by Crippen LogP contribution is 2.20. The fourth-order valence-corrected chi connectivity index (χ4v) is 3.79. The Bertz CT molecular complexity index is 618. The molecule has 1 aromatic heterocycles. The molecule has 1 amide bonds. The van der Waals surface area contributed by atoms with Gasteiger partial charge in [-0.25, -0.2) is 13.4 Å². The lowest BCUT2D eigenvalue weighted by molar-refractivity contribution is 0.0707. The van der Waals surface area contributed by atoms with Gasteiger partial charge in [0.1, 0.15) is 11.5 Å². The molecule has 2 heterocycles. The van der Waals surface area contributed by atoms with Crippen LogP contribution in [-0.4, -0.2) is 48.3 Å². The van der Waals surface area contributed by atoms with Gasteiger partial charge < -0.3 is 10.6 Å². The molecule has 1 aliphatic rings. The summed E-state index contributed by atoms with van der Waals surface area (Å²) in [5.41, 5.74) is 5.60. The second kappa shape index (κ2) is 4.97. The number of nitrogens with zero attached hydrogens (tertiary/aromatic N) is 2. The first-order valence-electron chi connectivity index (χ1n) is 5.73. The molecule has 0 saturated carbocycles. The molecule has 19 heavy (non-hydrogen) atoms. The number of carbonyl (C=O) groups is 1. The van der Waals surface area contributed by atoms with E-state index in [4.69, 9.17) is 17.3 Å². The minimum absolute atomic E-state index is 0.0387. The fraction of sp³-hybridized carbons (Fsp3) is 0.455. The van der Waals surface area contributed by atoms with Crippen molar-refractivity contribution >= 4 is 33.2 Å². The number of hydrogen-bond acceptors (Lipinski definition) is 5. The minimum Gasteiger partial charge on any atom is -0.384 e. The molecule has 0 spiro atoms. The molecule has 1 fully saturated rings. The Labute approximate surface area is 116 Å². The van der Waals surface area contributed by atoms with Crippen LogP contribution in [0.4, 0.5) is 5.82 Å². The molecule has 1 unspecified atom stereocenters. The molecule has 1 atom stereocenters. The number of anilines is 1. The standard InChI is InChI=1S/C11H14ClN3O3S/c1-7-6-19(17,18)5-4-15(7)11(16)10-8(12)2-3-9(13)14-10/h2-3,7H,4-6H2,1H3,(H2,13,14). The van der Waals surface area contributed by atoms with Crippen LogP contribution in [0.2, 0.25) is 5.02 Å². The Kier molecular flexibility index (Phi) is 3.69. The number of sulfone groups is 1. The molecule has 1 aromatic rings. The van der Waals surface area contributed by atoms with Crippen LogP contribution in [0.1, 0.15) is 17.4 Å². The quantitative estimate of drug-likeness (QED) is 0.819. The van der Waals surface area contributed by atoms with Gasteiger partial charge in [0.2, 0.25) is 0 Å². The molecule has 0 radical (unpaired) electrons. The first-order valence-corrected chi connectivity index (χ1v) is 7.93. The largest absolute Gasteiger partial charge is 0.384 e. The summed E-state index contributed by atoms with van der Waals surface area (Å²) in [7, 11) is -3.07. The zero-order chi connectivity index (χ0) is 14.2. The number of rotatable bonds is 1. The van der Waals surface area contributed by atoms with E-state index in [0.717, 1.165) is 0 Å². The van der Waals surface area contributed by atoms with E-state index < -0.39 is 15.9 Å². The van der Waals surface area contributed by atoms with E-state index in [2.05, 4.69) is 4.98 Å². The lowest BCUT2D eigenvalue weighted by Gasteiger charge is -2.33. The van der Waals surface area contributed by atoms with E-state index in [9.17, 15) is 13.2 Å². The van der Waals surface area contributed by atoms with Crippen LogP contribution < -0.4 is 5.73 Å². The van der Waals surface area contributed by atoms with Crippen molar-refractivity contribution < 1.29 is 13.2 Å². The Hall–Kier alpha value is -1.34. The molecule has 1 aliphatic heterocycles. The van der Waals surface area contributed by atoms with E-state index in [0.29, 0.717) is 0 Å². The monoisotopic (exact) mass is 303 g/mol. The number of nitrogen functional groups attached to an aromatic ring is 1. The van der Waals surface area contributed by atoms with Gasteiger partial charge in [-0.1, -0.05) is 11.6 Å². The predicted octanol–water partition coefficient (Wildman–Crippen LogP) is 0.576. The maximum absolute atomic E-state index is 12.3. The summed E-state index contributed by atoms with van der Waals surface area (Å²) in [5.74, 6) is -0.272. The third kappa shape index (κ3) is 2.98. The zero-order valence-electron chi connectivity index (χ0n) is 10.3. The molecule has 1 saturated heterocycles. The normalized spacial score (nSPS) is 22.2. The zero-order valence-corrected chi connectivity index (χ0v) is 11.9. The van der Waals surface area contributed by atoms with E-state index in [1.54, 1.807) is 6.92 Å². The molecule has 6 nitrogen and oxygen atoms in total. The number of hydrogen-bond donors (Lipinski definition) is 1. The summed E-state index contributed by atoms with van der Waals surface area (Å²) in [6, 6.07) is 2.61. The average molecular weight is 304 g/mol. The minimum atomic E-state index is -3.07. The van der Waals surface area contributed by atoms with E-state index in [-0.39, 0.29) is 40.5 Å². The summed E-state index contributed by atoms with van der Waals surface area (Å²) in [6.07, 6.45) is 0. The summed E-state index contributed by atoms with van der Waals surface area (Å²) >= 11 is 5.93. The van der Waals surface area contributed by atoms with Crippen molar-refractivity contribution in [2.45, 2.75) is 13.0 Å². The van der Waals surface area contributed by atoms with E-state index in [1.807, 2.05) is 0 Å². The first-order chi connectivity index (χ1) is 8.80. The average Bonchev–Trinajstić information content (AvgIpc) is 2.30. The van der Waals surface area contributed by atoms with Gasteiger partial charge in [0.05, 0.1) is 16.5 Å². The molecule has 0 aliphatic carbocycles. The van der Waals surface area contributed by atoms with Gasteiger partial charge in [0.15, 0.2) is 9.84 Å². The molecule has 2 N–H and O–H groups in total. The number of pyridine rings is 1. The topological polar surface area (TPSA) is 93.4 Å². The van der Waals surface area contributed by atoms with Crippen molar-refractivity contribution in [1.29, 1.82) is 0 Å². The highest BCUT2D eigenvalue weighted by Gasteiger charge is 2.33. The Morgan fingerprint density at radius 2 is 2.21 bits per heavy atom. The molecular weight excluding hydrogens is 290 g/mol. The van der Waals surface area contributed by atoms with Crippen LogP contribution in [0.15, 0.2) is 12.1 Å². The van der Waals surface area contributed by atoms with Crippen molar-refractivity contribution in [1.82, 2.24) is 9.88 Å². The fourth-order valence-electron chi connectivity index (χ4n) is 2.04. The van der Waals surface area contributed by atoms with Crippen molar-refractivity contribution in [3.8, 4) is 0 Å². The van der Waals surface area contributed by atoms with Gasteiger partial charge in [-0.15, -0.1) is 0 Å². The highest BCUT2D eigenvalue weighted by atomic mass is 35.5. The third-order valence-corrected chi connectivity index (χ3v) is 5.10. The number of amides is 1. The summed E-state index contributed by atoms with van der Waals surface area (Å²) in [6.45, 7) is 1.84. The first kappa shape index (κ1) is 14.1. The van der Waals surface area contributed by atoms with E-state index >= 15 is 0 Å². The van der Waals surface area contributed by atoms with Gasteiger partial charge in [0.25, 0.3) is 5.91 Å². The lowest BCUT2D eigenvalue weighted by Crippen LogP contribution is -2.50. The highest BCUT2D eigenvalue weighted by molar-refractivity contribution is 7.91. The summed E-state index contributed by atoms with van der Waals surface area (Å²) in [4.78, 5) is 17.7. The molecule has 0 aromatic carbocycles. The number of carbonyl (C=O) groups excluding carboxylic acids is 1. The van der Waals surface area contributed by atoms with Crippen molar-refractivity contribution in [3.63, 3.8) is 0 Å².